The fraction of sp³-hybridized carbons (Fsp3) is 0.727. The average molecular weight is 231 g/mol. The summed E-state index contributed by atoms with van der Waals surface area (Å²) in [7, 11) is 0. The Bertz CT molecular complexity index is 247. The molecule has 0 aliphatic carbocycles. The molecule has 0 aromatic rings. The van der Waals surface area contributed by atoms with Crippen LogP contribution in [0.15, 0.2) is 11.1 Å². The highest BCUT2D eigenvalue weighted by Gasteiger charge is 2.22. The minimum Gasteiger partial charge on any atom is -0.341 e. The average Bonchev–Trinajstić information content (AvgIpc) is 2.77. The number of hydrogen-bond donors (Lipinski definition) is 1. The zero-order valence-electron chi connectivity index (χ0n) is 9.42. The fourth-order valence-corrected chi connectivity index (χ4v) is 1.73. The summed E-state index contributed by atoms with van der Waals surface area (Å²) in [5.41, 5.74) is 2.58. The van der Waals surface area contributed by atoms with Crippen molar-refractivity contribution in [3.05, 3.63) is 11.1 Å². The number of rotatable bonds is 4. The number of carbonyl (C=O) groups is 1. The van der Waals surface area contributed by atoms with Crippen molar-refractivity contribution in [3.63, 3.8) is 0 Å². The summed E-state index contributed by atoms with van der Waals surface area (Å²) < 4.78 is 0. The molecule has 1 rings (SSSR count). The lowest BCUT2D eigenvalue weighted by Gasteiger charge is -2.21. The highest BCUT2D eigenvalue weighted by Crippen LogP contribution is 2.09. The summed E-state index contributed by atoms with van der Waals surface area (Å²) in [6.07, 6.45) is 2.28. The molecule has 0 bridgehead atoms. The second-order valence-electron chi connectivity index (χ2n) is 4.09. The fourth-order valence-electron chi connectivity index (χ4n) is 1.65. The van der Waals surface area contributed by atoms with Gasteiger partial charge in [-0.15, -0.1) is 0 Å². The minimum absolute atomic E-state index is 0.116. The van der Waals surface area contributed by atoms with Crippen molar-refractivity contribution in [3.8, 4) is 0 Å². The van der Waals surface area contributed by atoms with Crippen molar-refractivity contribution in [1.82, 2.24) is 10.2 Å². The lowest BCUT2D eigenvalue weighted by molar-refractivity contribution is -0.131. The molecule has 1 aliphatic heterocycles. The van der Waals surface area contributed by atoms with E-state index in [2.05, 4.69) is 5.32 Å². The van der Waals surface area contributed by atoms with Gasteiger partial charge in [0.1, 0.15) is 0 Å². The maximum atomic E-state index is 11.9. The van der Waals surface area contributed by atoms with E-state index in [9.17, 15) is 4.79 Å². The molecular weight excluding hydrogens is 212 g/mol. The Labute approximate surface area is 96.5 Å². The van der Waals surface area contributed by atoms with Crippen LogP contribution < -0.4 is 5.32 Å². The Morgan fingerprint density at radius 2 is 2.13 bits per heavy atom. The van der Waals surface area contributed by atoms with Gasteiger partial charge in [-0.1, -0.05) is 11.6 Å². The Morgan fingerprint density at radius 1 is 1.53 bits per heavy atom. The van der Waals surface area contributed by atoms with Gasteiger partial charge in [0.15, 0.2) is 0 Å². The Morgan fingerprint density at radius 3 is 2.67 bits per heavy atom. The van der Waals surface area contributed by atoms with Crippen molar-refractivity contribution >= 4 is 17.5 Å². The first-order valence-electron chi connectivity index (χ1n) is 5.43. The van der Waals surface area contributed by atoms with Gasteiger partial charge in [0.05, 0.1) is 6.04 Å². The molecule has 1 N–H and O–H groups in total. The molecule has 1 aliphatic rings. The summed E-state index contributed by atoms with van der Waals surface area (Å²) >= 11 is 5.54. The molecule has 1 amide bonds. The number of nitrogens with one attached hydrogen (secondary N) is 1. The minimum atomic E-state index is -0.116. The number of amides is 1. The van der Waals surface area contributed by atoms with Crippen LogP contribution in [0.1, 0.15) is 26.7 Å². The normalized spacial score (nSPS) is 19.4. The molecule has 1 unspecified atom stereocenters. The van der Waals surface area contributed by atoms with E-state index in [1.54, 1.807) is 5.54 Å². The summed E-state index contributed by atoms with van der Waals surface area (Å²) in [6.45, 7) is 6.34. The summed E-state index contributed by atoms with van der Waals surface area (Å²) in [5, 5.41) is 3.17. The number of halogens is 1. The van der Waals surface area contributed by atoms with Crippen molar-refractivity contribution in [2.24, 2.45) is 0 Å². The van der Waals surface area contributed by atoms with E-state index in [4.69, 9.17) is 11.6 Å². The maximum Gasteiger partial charge on any atom is 0.239 e. The maximum absolute atomic E-state index is 11.9. The van der Waals surface area contributed by atoms with Gasteiger partial charge in [-0.25, -0.2) is 0 Å². The molecule has 0 aromatic carbocycles. The van der Waals surface area contributed by atoms with E-state index in [1.165, 1.54) is 0 Å². The molecule has 1 saturated heterocycles. The highest BCUT2D eigenvalue weighted by molar-refractivity contribution is 6.25. The Kier molecular flexibility index (Phi) is 5.12. The largest absolute Gasteiger partial charge is 0.341 e. The number of nitrogens with zero attached hydrogens (tertiary/aromatic N) is 1. The Balaban J connectivity index is 2.32. The van der Waals surface area contributed by atoms with Gasteiger partial charge in [-0.05, 0) is 32.3 Å². The van der Waals surface area contributed by atoms with Crippen LogP contribution in [0.25, 0.3) is 0 Å². The SMILES string of the molecule is CC(=CCl)CNC(C)C(=O)N1CCCC1. The third kappa shape index (κ3) is 3.84. The predicted octanol–water partition coefficient (Wildman–Crippen LogP) is 1.73. The smallest absolute Gasteiger partial charge is 0.239 e. The summed E-state index contributed by atoms with van der Waals surface area (Å²) in [5.74, 6) is 0.204. The van der Waals surface area contributed by atoms with Crippen LogP contribution in [0.4, 0.5) is 0 Å². The van der Waals surface area contributed by atoms with E-state index < -0.39 is 0 Å². The first-order valence-corrected chi connectivity index (χ1v) is 5.87. The van der Waals surface area contributed by atoms with Crippen LogP contribution >= 0.6 is 11.6 Å². The third-order valence-corrected chi connectivity index (χ3v) is 3.03. The zero-order valence-corrected chi connectivity index (χ0v) is 10.2. The quantitative estimate of drug-likeness (QED) is 0.798. The predicted molar refractivity (Wildman–Crippen MR) is 62.9 cm³/mol. The van der Waals surface area contributed by atoms with Gasteiger partial charge in [0.2, 0.25) is 5.91 Å². The highest BCUT2D eigenvalue weighted by atomic mass is 35.5. The van der Waals surface area contributed by atoms with Gasteiger partial charge in [-0.2, -0.15) is 0 Å². The van der Waals surface area contributed by atoms with E-state index in [1.807, 2.05) is 18.7 Å². The second-order valence-corrected chi connectivity index (χ2v) is 4.31. The lowest BCUT2D eigenvalue weighted by atomic mass is 10.2. The summed E-state index contributed by atoms with van der Waals surface area (Å²) in [4.78, 5) is 13.8. The van der Waals surface area contributed by atoms with Crippen LogP contribution in [-0.4, -0.2) is 36.5 Å². The van der Waals surface area contributed by atoms with E-state index in [0.717, 1.165) is 31.5 Å². The van der Waals surface area contributed by atoms with Crippen LogP contribution in [0, 0.1) is 0 Å². The molecule has 86 valence electrons. The molecule has 1 fully saturated rings. The van der Waals surface area contributed by atoms with Crippen molar-refractivity contribution < 1.29 is 4.79 Å². The monoisotopic (exact) mass is 230 g/mol. The molecule has 4 heteroatoms. The van der Waals surface area contributed by atoms with Crippen LogP contribution in [0.3, 0.4) is 0 Å². The molecule has 1 atom stereocenters. The third-order valence-electron chi connectivity index (χ3n) is 2.66. The second kappa shape index (κ2) is 6.13. The van der Waals surface area contributed by atoms with Gasteiger partial charge in [0.25, 0.3) is 0 Å². The summed E-state index contributed by atoms with van der Waals surface area (Å²) in [6, 6.07) is -0.116. The molecule has 0 saturated carbocycles. The van der Waals surface area contributed by atoms with Crippen LogP contribution in [0.2, 0.25) is 0 Å². The standard InChI is InChI=1S/C11H19ClN2O/c1-9(7-12)8-13-10(2)11(15)14-5-3-4-6-14/h7,10,13H,3-6,8H2,1-2H3. The van der Waals surface area contributed by atoms with Crippen molar-refractivity contribution in [2.45, 2.75) is 32.7 Å². The molecule has 15 heavy (non-hydrogen) atoms. The molecule has 0 spiro atoms. The molecule has 0 radical (unpaired) electrons. The first-order chi connectivity index (χ1) is 7.15. The molecule has 0 aromatic heterocycles. The van der Waals surface area contributed by atoms with Crippen LogP contribution in [0.5, 0.6) is 0 Å². The van der Waals surface area contributed by atoms with Gasteiger partial charge in [-0.3, -0.25) is 4.79 Å². The first kappa shape index (κ1) is 12.5. The topological polar surface area (TPSA) is 32.3 Å². The number of carbonyl (C=O) groups excluding carboxylic acids is 1. The molecule has 1 heterocycles. The zero-order chi connectivity index (χ0) is 11.3. The molecular formula is C11H19ClN2O. The van der Waals surface area contributed by atoms with Gasteiger partial charge < -0.3 is 10.2 Å². The van der Waals surface area contributed by atoms with E-state index >= 15 is 0 Å². The van der Waals surface area contributed by atoms with E-state index in [0.29, 0.717) is 6.54 Å². The van der Waals surface area contributed by atoms with Gasteiger partial charge in [0, 0.05) is 25.2 Å². The van der Waals surface area contributed by atoms with Crippen molar-refractivity contribution in [2.75, 3.05) is 19.6 Å². The molecule has 3 nitrogen and oxygen atoms in total. The van der Waals surface area contributed by atoms with Gasteiger partial charge >= 0.3 is 0 Å². The number of likely N-dealkylation sites (tertiary alicyclic amines) is 1. The lowest BCUT2D eigenvalue weighted by Crippen LogP contribution is -2.44. The van der Waals surface area contributed by atoms with Crippen LogP contribution in [-0.2, 0) is 4.79 Å². The van der Waals surface area contributed by atoms with Crippen molar-refractivity contribution in [1.29, 1.82) is 0 Å². The number of hydrogen-bond acceptors (Lipinski definition) is 2. The Hall–Kier alpha value is -0.540. The van der Waals surface area contributed by atoms with E-state index in [-0.39, 0.29) is 11.9 Å².